The summed E-state index contributed by atoms with van der Waals surface area (Å²) in [5, 5.41) is 13.9. The topological polar surface area (TPSA) is 80.7 Å². The van der Waals surface area contributed by atoms with Crippen LogP contribution in [0.15, 0.2) is 54.6 Å². The molecular formula is C30H33FN2O4. The minimum Gasteiger partial charge on any atom is -0.478 e. The second-order valence-corrected chi connectivity index (χ2v) is 9.81. The molecule has 0 amide bonds. The molecule has 2 heterocycles. The van der Waals surface area contributed by atoms with E-state index in [1.807, 2.05) is 30.3 Å². The Bertz CT molecular complexity index is 1200. The van der Waals surface area contributed by atoms with Crippen LogP contribution in [0, 0.1) is 5.82 Å². The zero-order valence-electron chi connectivity index (χ0n) is 20.9. The Morgan fingerprint density at radius 2 is 1.76 bits per heavy atom. The highest BCUT2D eigenvalue weighted by Crippen LogP contribution is 2.42. The van der Waals surface area contributed by atoms with Crippen LogP contribution in [0.1, 0.15) is 78.0 Å². The number of hydrogen-bond acceptors (Lipinski definition) is 5. The number of carbonyl (C=O) groups is 1. The van der Waals surface area contributed by atoms with Crippen LogP contribution >= 0.6 is 0 Å². The third-order valence-electron chi connectivity index (χ3n) is 7.27. The summed E-state index contributed by atoms with van der Waals surface area (Å²) in [7, 11) is 0. The molecule has 6 nitrogen and oxygen atoms in total. The van der Waals surface area contributed by atoms with Crippen molar-refractivity contribution in [2.24, 2.45) is 0 Å². The molecule has 1 aromatic heterocycles. The Hall–Kier alpha value is -3.29. The molecule has 1 unspecified atom stereocenters. The summed E-state index contributed by atoms with van der Waals surface area (Å²) in [5.74, 6) is -0.731. The highest BCUT2D eigenvalue weighted by atomic mass is 19.1. The Morgan fingerprint density at radius 3 is 2.43 bits per heavy atom. The lowest BCUT2D eigenvalue weighted by Crippen LogP contribution is -2.23. The monoisotopic (exact) mass is 504 g/mol. The maximum absolute atomic E-state index is 13.9. The summed E-state index contributed by atoms with van der Waals surface area (Å²) in [4.78, 5) is 17.8. The fourth-order valence-corrected chi connectivity index (χ4v) is 5.37. The minimum atomic E-state index is -1.03. The molecule has 1 saturated heterocycles. The van der Waals surface area contributed by atoms with Crippen molar-refractivity contribution in [2.75, 3.05) is 11.9 Å². The van der Waals surface area contributed by atoms with Crippen molar-refractivity contribution in [3.63, 3.8) is 0 Å². The summed E-state index contributed by atoms with van der Waals surface area (Å²) in [6.07, 6.45) is 6.37. The zero-order valence-corrected chi connectivity index (χ0v) is 20.9. The number of carboxylic acid groups (broad SMARTS) is 1. The number of hydrogen-bond donors (Lipinski definition) is 2. The van der Waals surface area contributed by atoms with Crippen molar-refractivity contribution < 1.29 is 23.8 Å². The molecule has 1 atom stereocenters. The van der Waals surface area contributed by atoms with Crippen LogP contribution in [0.25, 0.3) is 11.1 Å². The summed E-state index contributed by atoms with van der Waals surface area (Å²) < 4.78 is 25.8. The molecular weight excluding hydrogens is 471 g/mol. The van der Waals surface area contributed by atoms with Gasteiger partial charge in [-0.3, -0.25) is 0 Å². The first kappa shape index (κ1) is 25.4. The van der Waals surface area contributed by atoms with Gasteiger partial charge in [0.2, 0.25) is 0 Å². The molecule has 1 aliphatic carbocycles. The minimum absolute atomic E-state index is 0.0687. The lowest BCUT2D eigenvalue weighted by Gasteiger charge is -2.26. The summed E-state index contributed by atoms with van der Waals surface area (Å²) in [6, 6.07) is 16.0. The molecule has 5 rings (SSSR count). The number of nitrogens with one attached hydrogen (secondary N) is 1. The molecule has 7 heteroatoms. The van der Waals surface area contributed by atoms with Crippen molar-refractivity contribution >= 4 is 11.8 Å². The van der Waals surface area contributed by atoms with E-state index in [1.165, 1.54) is 12.1 Å². The number of aromatic nitrogens is 1. The quantitative estimate of drug-likeness (QED) is 0.330. The SMILES string of the molecule is O=C(O)c1c(C2CCCC2)nc(NCc2ccccc2)c(COC2CCCCO2)c1-c1ccc(F)cc1. The molecule has 1 aliphatic heterocycles. The number of halogens is 1. The van der Waals surface area contributed by atoms with Crippen molar-refractivity contribution in [3.05, 3.63) is 82.8 Å². The van der Waals surface area contributed by atoms with Gasteiger partial charge in [0.1, 0.15) is 11.6 Å². The summed E-state index contributed by atoms with van der Waals surface area (Å²) in [5.41, 5.74) is 3.68. The van der Waals surface area contributed by atoms with E-state index < -0.39 is 5.97 Å². The van der Waals surface area contributed by atoms with Gasteiger partial charge in [0.15, 0.2) is 6.29 Å². The van der Waals surface area contributed by atoms with Gasteiger partial charge in [0.25, 0.3) is 0 Å². The largest absolute Gasteiger partial charge is 0.478 e. The predicted octanol–water partition coefficient (Wildman–Crippen LogP) is 6.90. The van der Waals surface area contributed by atoms with Crippen LogP contribution in [0.5, 0.6) is 0 Å². The van der Waals surface area contributed by atoms with Gasteiger partial charge in [-0.2, -0.15) is 0 Å². The average molecular weight is 505 g/mol. The van der Waals surface area contributed by atoms with E-state index in [2.05, 4.69) is 5.32 Å². The van der Waals surface area contributed by atoms with Gasteiger partial charge in [0.05, 0.1) is 17.9 Å². The lowest BCUT2D eigenvalue weighted by molar-refractivity contribution is -0.168. The fourth-order valence-electron chi connectivity index (χ4n) is 5.37. The number of benzene rings is 2. The predicted molar refractivity (Wildman–Crippen MR) is 140 cm³/mol. The van der Waals surface area contributed by atoms with E-state index in [0.29, 0.717) is 41.4 Å². The standard InChI is InChI=1S/C30H33FN2O4/c31-23-15-13-21(14-16-23)26-24(19-37-25-12-6-7-17-36-25)29(32-18-20-8-2-1-3-9-20)33-28(27(26)30(34)35)22-10-4-5-11-22/h1-3,8-9,13-16,22,25H,4-7,10-12,17-19H2,(H,32,33)(H,34,35). The van der Waals surface area contributed by atoms with Gasteiger partial charge in [-0.25, -0.2) is 14.2 Å². The van der Waals surface area contributed by atoms with Crippen LogP contribution in [0.3, 0.4) is 0 Å². The molecule has 3 aromatic rings. The molecule has 2 aromatic carbocycles. The molecule has 37 heavy (non-hydrogen) atoms. The maximum Gasteiger partial charge on any atom is 0.338 e. The van der Waals surface area contributed by atoms with E-state index in [9.17, 15) is 14.3 Å². The Morgan fingerprint density at radius 1 is 1.03 bits per heavy atom. The molecule has 2 aliphatic rings. The highest BCUT2D eigenvalue weighted by Gasteiger charge is 2.31. The third kappa shape index (κ3) is 6.00. The Balaban J connectivity index is 1.64. The fraction of sp³-hybridized carbons (Fsp3) is 0.400. The average Bonchev–Trinajstić information content (AvgIpc) is 3.47. The van der Waals surface area contributed by atoms with Crippen molar-refractivity contribution in [2.45, 2.75) is 70.3 Å². The molecule has 0 spiro atoms. The maximum atomic E-state index is 13.9. The van der Waals surface area contributed by atoms with Crippen LogP contribution < -0.4 is 5.32 Å². The molecule has 0 radical (unpaired) electrons. The number of ether oxygens (including phenoxy) is 2. The summed E-state index contributed by atoms with van der Waals surface area (Å²) >= 11 is 0. The Labute approximate surface area is 216 Å². The number of rotatable bonds is 9. The number of anilines is 1. The number of aromatic carboxylic acids is 1. The van der Waals surface area contributed by atoms with Gasteiger partial charge in [-0.15, -0.1) is 0 Å². The van der Waals surface area contributed by atoms with E-state index >= 15 is 0 Å². The molecule has 2 N–H and O–H groups in total. The molecule has 0 bridgehead atoms. The second kappa shape index (κ2) is 11.8. The number of nitrogens with zero attached hydrogens (tertiary/aromatic N) is 1. The van der Waals surface area contributed by atoms with Gasteiger partial charge in [0, 0.05) is 30.2 Å². The molecule has 194 valence electrons. The highest BCUT2D eigenvalue weighted by molar-refractivity contribution is 5.99. The molecule has 2 fully saturated rings. The lowest BCUT2D eigenvalue weighted by atomic mass is 9.89. The van der Waals surface area contributed by atoms with Crippen molar-refractivity contribution in [1.82, 2.24) is 4.98 Å². The number of carboxylic acids is 1. The van der Waals surface area contributed by atoms with E-state index in [0.717, 1.165) is 50.5 Å². The normalized spacial score (nSPS) is 18.1. The van der Waals surface area contributed by atoms with Crippen LogP contribution in [-0.2, 0) is 22.6 Å². The van der Waals surface area contributed by atoms with E-state index in [4.69, 9.17) is 14.5 Å². The van der Waals surface area contributed by atoms with Crippen LogP contribution in [0.4, 0.5) is 10.2 Å². The van der Waals surface area contributed by atoms with Gasteiger partial charge < -0.3 is 19.9 Å². The molecule has 1 saturated carbocycles. The van der Waals surface area contributed by atoms with E-state index in [1.54, 1.807) is 12.1 Å². The zero-order chi connectivity index (χ0) is 25.6. The first-order chi connectivity index (χ1) is 18.1. The summed E-state index contributed by atoms with van der Waals surface area (Å²) in [6.45, 7) is 1.31. The van der Waals surface area contributed by atoms with Crippen LogP contribution in [0.2, 0.25) is 0 Å². The third-order valence-corrected chi connectivity index (χ3v) is 7.27. The van der Waals surface area contributed by atoms with Gasteiger partial charge >= 0.3 is 5.97 Å². The first-order valence-electron chi connectivity index (χ1n) is 13.2. The van der Waals surface area contributed by atoms with Crippen LogP contribution in [-0.4, -0.2) is 29.0 Å². The van der Waals surface area contributed by atoms with Gasteiger partial charge in [-0.1, -0.05) is 55.3 Å². The first-order valence-corrected chi connectivity index (χ1v) is 13.2. The second-order valence-electron chi connectivity index (χ2n) is 9.81. The van der Waals surface area contributed by atoms with Crippen molar-refractivity contribution in [3.8, 4) is 11.1 Å². The smallest absolute Gasteiger partial charge is 0.338 e. The number of pyridine rings is 1. The van der Waals surface area contributed by atoms with E-state index in [-0.39, 0.29) is 30.2 Å². The van der Waals surface area contributed by atoms with Gasteiger partial charge in [-0.05, 0) is 55.4 Å². The van der Waals surface area contributed by atoms with Crippen molar-refractivity contribution in [1.29, 1.82) is 0 Å². The Kier molecular flexibility index (Phi) is 8.12.